The number of likely N-dealkylation sites (tertiary alicyclic amines) is 1. The third-order valence-corrected chi connectivity index (χ3v) is 7.80. The molecule has 2 aliphatic rings. The highest BCUT2D eigenvalue weighted by atomic mass is 32.1. The van der Waals surface area contributed by atoms with E-state index in [2.05, 4.69) is 4.98 Å². The Kier molecular flexibility index (Phi) is 7.13. The van der Waals surface area contributed by atoms with Crippen LogP contribution >= 0.6 is 11.3 Å². The summed E-state index contributed by atoms with van der Waals surface area (Å²) >= 11 is 1.49. The first kappa shape index (κ1) is 24.2. The van der Waals surface area contributed by atoms with E-state index in [9.17, 15) is 18.8 Å². The van der Waals surface area contributed by atoms with Crippen molar-refractivity contribution < 1.29 is 23.2 Å². The lowest BCUT2D eigenvalue weighted by Gasteiger charge is -2.34. The Balaban J connectivity index is 1.11. The number of hydrogen-bond donors (Lipinski definition) is 0. The molecule has 2 aliphatic heterocycles. The fraction of sp³-hybridized carbons (Fsp3) is 0.385. The highest BCUT2D eigenvalue weighted by Gasteiger charge is 2.30. The fourth-order valence-electron chi connectivity index (χ4n) is 4.67. The summed E-state index contributed by atoms with van der Waals surface area (Å²) in [6, 6.07) is 9.36. The van der Waals surface area contributed by atoms with E-state index < -0.39 is 0 Å². The number of piperazine rings is 1. The summed E-state index contributed by atoms with van der Waals surface area (Å²) in [6.45, 7) is 3.08. The Hall–Kier alpha value is -3.53. The number of hydrogen-bond acceptors (Lipinski definition) is 6. The zero-order chi connectivity index (χ0) is 25.1. The van der Waals surface area contributed by atoms with Crippen LogP contribution in [0, 0.1) is 5.82 Å². The van der Waals surface area contributed by atoms with E-state index in [4.69, 9.17) is 4.42 Å². The summed E-state index contributed by atoms with van der Waals surface area (Å²) in [4.78, 5) is 48.0. The molecule has 0 spiro atoms. The zero-order valence-corrected chi connectivity index (χ0v) is 20.6. The number of piperidine rings is 1. The third-order valence-electron chi connectivity index (χ3n) is 6.79. The molecule has 1 aromatic carbocycles. The average Bonchev–Trinajstić information content (AvgIpc) is 3.62. The maximum absolute atomic E-state index is 13.1. The first-order valence-corrected chi connectivity index (χ1v) is 13.0. The molecule has 0 aliphatic carbocycles. The first-order valence-electron chi connectivity index (χ1n) is 12.1. The fourth-order valence-corrected chi connectivity index (χ4v) is 5.63. The van der Waals surface area contributed by atoms with E-state index in [1.807, 2.05) is 10.3 Å². The molecule has 36 heavy (non-hydrogen) atoms. The lowest BCUT2D eigenvalue weighted by Crippen LogP contribution is -2.50. The van der Waals surface area contributed by atoms with Gasteiger partial charge in [-0.05, 0) is 42.7 Å². The molecule has 8 nitrogen and oxygen atoms in total. The van der Waals surface area contributed by atoms with E-state index in [0.29, 0.717) is 50.7 Å². The van der Waals surface area contributed by atoms with Crippen LogP contribution in [-0.2, 0) is 11.2 Å². The van der Waals surface area contributed by atoms with Crippen molar-refractivity contribution in [1.82, 2.24) is 19.7 Å². The van der Waals surface area contributed by atoms with Gasteiger partial charge < -0.3 is 19.1 Å². The van der Waals surface area contributed by atoms with Crippen LogP contribution in [0.25, 0.3) is 0 Å². The van der Waals surface area contributed by atoms with Crippen molar-refractivity contribution in [3.05, 3.63) is 75.9 Å². The maximum atomic E-state index is 13.1. The molecule has 2 saturated heterocycles. The van der Waals surface area contributed by atoms with E-state index >= 15 is 0 Å². The van der Waals surface area contributed by atoms with Gasteiger partial charge in [0.2, 0.25) is 5.91 Å². The monoisotopic (exact) mass is 510 g/mol. The molecular formula is C26H27FN4O4S. The summed E-state index contributed by atoms with van der Waals surface area (Å²) in [6.07, 6.45) is 3.33. The molecule has 2 fully saturated rings. The molecule has 0 bridgehead atoms. The molecule has 3 aromatic rings. The highest BCUT2D eigenvalue weighted by Crippen LogP contribution is 2.31. The Bertz CT molecular complexity index is 1210. The van der Waals surface area contributed by atoms with E-state index in [1.165, 1.54) is 29.7 Å². The maximum Gasteiger partial charge on any atom is 0.289 e. The van der Waals surface area contributed by atoms with Crippen molar-refractivity contribution >= 4 is 29.1 Å². The van der Waals surface area contributed by atoms with Gasteiger partial charge in [-0.15, -0.1) is 11.3 Å². The number of rotatable bonds is 5. The molecule has 0 saturated carbocycles. The Morgan fingerprint density at radius 1 is 0.917 bits per heavy atom. The van der Waals surface area contributed by atoms with Crippen molar-refractivity contribution in [1.29, 1.82) is 0 Å². The Labute approximate surface area is 212 Å². The van der Waals surface area contributed by atoms with Crippen LogP contribution in [0.1, 0.15) is 50.4 Å². The van der Waals surface area contributed by atoms with Gasteiger partial charge in [0.1, 0.15) is 11.5 Å². The first-order chi connectivity index (χ1) is 17.5. The number of carbonyl (C=O) groups excluding carboxylic acids is 3. The van der Waals surface area contributed by atoms with Gasteiger partial charge in [0.05, 0.1) is 17.7 Å². The molecule has 0 unspecified atom stereocenters. The molecule has 3 amide bonds. The van der Waals surface area contributed by atoms with Crippen LogP contribution in [0.15, 0.2) is 52.5 Å². The lowest BCUT2D eigenvalue weighted by atomic mass is 9.97. The molecule has 10 heteroatoms. The van der Waals surface area contributed by atoms with Gasteiger partial charge in [-0.2, -0.15) is 0 Å². The summed E-state index contributed by atoms with van der Waals surface area (Å²) in [5, 5.41) is 2.74. The number of nitrogens with zero attached hydrogens (tertiary/aromatic N) is 4. The minimum absolute atomic E-state index is 0.0414. The summed E-state index contributed by atoms with van der Waals surface area (Å²) in [7, 11) is 0. The highest BCUT2D eigenvalue weighted by molar-refractivity contribution is 7.09. The molecule has 0 N–H and O–H groups in total. The van der Waals surface area contributed by atoms with Crippen LogP contribution in [0.5, 0.6) is 0 Å². The lowest BCUT2D eigenvalue weighted by molar-refractivity contribution is -0.131. The van der Waals surface area contributed by atoms with Gasteiger partial charge in [-0.1, -0.05) is 12.1 Å². The normalized spacial score (nSPS) is 16.9. The van der Waals surface area contributed by atoms with Crippen LogP contribution in [0.2, 0.25) is 0 Å². The topological polar surface area (TPSA) is 87.0 Å². The second-order valence-corrected chi connectivity index (χ2v) is 9.98. The van der Waals surface area contributed by atoms with Crippen LogP contribution < -0.4 is 0 Å². The molecule has 0 radical (unpaired) electrons. The van der Waals surface area contributed by atoms with Crippen LogP contribution in [-0.4, -0.2) is 76.7 Å². The predicted octanol–water partition coefficient (Wildman–Crippen LogP) is 3.42. The summed E-state index contributed by atoms with van der Waals surface area (Å²) in [5.41, 5.74) is 1.24. The molecule has 4 heterocycles. The second-order valence-electron chi connectivity index (χ2n) is 9.09. The van der Waals surface area contributed by atoms with Crippen LogP contribution in [0.3, 0.4) is 0 Å². The van der Waals surface area contributed by atoms with Gasteiger partial charge in [0.15, 0.2) is 5.76 Å². The van der Waals surface area contributed by atoms with Crippen molar-refractivity contribution in [2.45, 2.75) is 25.2 Å². The number of aromatic nitrogens is 1. The van der Waals surface area contributed by atoms with Gasteiger partial charge >= 0.3 is 0 Å². The van der Waals surface area contributed by atoms with Gasteiger partial charge in [-0.3, -0.25) is 14.4 Å². The smallest absolute Gasteiger partial charge is 0.289 e. The van der Waals surface area contributed by atoms with E-state index in [1.54, 1.807) is 34.1 Å². The number of carbonyl (C=O) groups is 3. The number of thiazole rings is 1. The van der Waals surface area contributed by atoms with Crippen molar-refractivity contribution in [3.8, 4) is 0 Å². The number of benzene rings is 1. The van der Waals surface area contributed by atoms with Crippen LogP contribution in [0.4, 0.5) is 4.39 Å². The summed E-state index contributed by atoms with van der Waals surface area (Å²) in [5.74, 6) is -0.0215. The molecular weight excluding hydrogens is 483 g/mol. The SMILES string of the molecule is O=C(Cc1ccc(F)cc1)N1CCC(c2nc(C(=O)N3CCN(C(=O)c4ccco4)CC3)cs2)CC1. The Morgan fingerprint density at radius 3 is 2.22 bits per heavy atom. The minimum atomic E-state index is -0.310. The third kappa shape index (κ3) is 5.33. The van der Waals surface area contributed by atoms with E-state index in [-0.39, 0.29) is 35.9 Å². The van der Waals surface area contributed by atoms with Crippen molar-refractivity contribution in [3.63, 3.8) is 0 Å². The average molecular weight is 511 g/mol. The number of halogens is 1. The largest absolute Gasteiger partial charge is 0.459 e. The zero-order valence-electron chi connectivity index (χ0n) is 19.8. The van der Waals surface area contributed by atoms with Crippen molar-refractivity contribution in [2.75, 3.05) is 39.3 Å². The Morgan fingerprint density at radius 2 is 1.58 bits per heavy atom. The predicted molar refractivity (Wildman–Crippen MR) is 131 cm³/mol. The van der Waals surface area contributed by atoms with Gasteiger partial charge in [0.25, 0.3) is 11.8 Å². The molecule has 2 aromatic heterocycles. The van der Waals surface area contributed by atoms with Gasteiger partial charge in [-0.25, -0.2) is 9.37 Å². The van der Waals surface area contributed by atoms with E-state index in [0.717, 1.165) is 23.4 Å². The minimum Gasteiger partial charge on any atom is -0.459 e. The van der Waals surface area contributed by atoms with Gasteiger partial charge in [0, 0.05) is 50.6 Å². The van der Waals surface area contributed by atoms with Crippen molar-refractivity contribution in [2.24, 2.45) is 0 Å². The molecule has 5 rings (SSSR count). The summed E-state index contributed by atoms with van der Waals surface area (Å²) < 4.78 is 18.3. The molecule has 188 valence electrons. The number of amides is 3. The number of furan rings is 1. The standard InChI is InChI=1S/C26H27FN4O4S/c27-20-5-3-18(4-6-20)16-23(32)29-9-7-19(8-10-29)24-28-21(17-36-24)25(33)30-11-13-31(14-12-30)26(34)22-2-1-15-35-22/h1-6,15,17,19H,7-14,16H2. The quantitative estimate of drug-likeness (QED) is 0.525. The second kappa shape index (κ2) is 10.6. The molecule has 0 atom stereocenters.